The average molecular weight is 384 g/mol. The Morgan fingerprint density at radius 2 is 2.00 bits per heavy atom. The monoisotopic (exact) mass is 383 g/mol. The molecule has 0 atom stereocenters. The van der Waals surface area contributed by atoms with E-state index >= 15 is 0 Å². The zero-order valence-electron chi connectivity index (χ0n) is 8.81. The van der Waals surface area contributed by atoms with Crippen LogP contribution in [-0.2, 0) is 0 Å². The number of benzene rings is 1. The lowest BCUT2D eigenvalue weighted by Gasteiger charge is -2.11. The van der Waals surface area contributed by atoms with Gasteiger partial charge in [-0.05, 0) is 55.5 Å². The molecule has 1 nitrogen and oxygen atoms in total. The molecule has 0 saturated heterocycles. The van der Waals surface area contributed by atoms with Crippen molar-refractivity contribution >= 4 is 44.7 Å². The SMILES string of the molecule is CC(C)(C)/N=C/c1cc(Br)cc(F)c1I. The minimum Gasteiger partial charge on any atom is -0.287 e. The van der Waals surface area contributed by atoms with E-state index in [0.717, 1.165) is 10.0 Å². The molecule has 0 aliphatic rings. The van der Waals surface area contributed by atoms with Crippen molar-refractivity contribution < 1.29 is 4.39 Å². The van der Waals surface area contributed by atoms with Crippen LogP contribution in [0, 0.1) is 9.39 Å². The first-order valence-electron chi connectivity index (χ1n) is 4.49. The lowest BCUT2D eigenvalue weighted by Crippen LogP contribution is -2.10. The van der Waals surface area contributed by atoms with Crippen molar-refractivity contribution in [3.8, 4) is 0 Å². The zero-order valence-corrected chi connectivity index (χ0v) is 12.6. The third kappa shape index (κ3) is 4.18. The molecular formula is C11H12BrFIN. The van der Waals surface area contributed by atoms with E-state index in [1.54, 1.807) is 6.21 Å². The molecular weight excluding hydrogens is 372 g/mol. The molecule has 0 spiro atoms. The maximum Gasteiger partial charge on any atom is 0.138 e. The Bertz CT molecular complexity index is 396. The Kier molecular flexibility index (Phi) is 4.29. The van der Waals surface area contributed by atoms with E-state index in [1.165, 1.54) is 6.07 Å². The molecule has 15 heavy (non-hydrogen) atoms. The van der Waals surface area contributed by atoms with Gasteiger partial charge in [0.05, 0.1) is 9.11 Å². The Morgan fingerprint density at radius 1 is 1.40 bits per heavy atom. The summed E-state index contributed by atoms with van der Waals surface area (Å²) < 4.78 is 14.7. The molecule has 1 rings (SSSR count). The van der Waals surface area contributed by atoms with E-state index in [0.29, 0.717) is 3.57 Å². The summed E-state index contributed by atoms with van der Waals surface area (Å²) in [5.41, 5.74) is 0.666. The molecule has 0 N–H and O–H groups in total. The molecule has 0 aliphatic heterocycles. The minimum absolute atomic E-state index is 0.137. The Hall–Kier alpha value is 0.0300. The summed E-state index contributed by atoms with van der Waals surface area (Å²) in [6.07, 6.45) is 1.72. The Morgan fingerprint density at radius 3 is 2.53 bits per heavy atom. The smallest absolute Gasteiger partial charge is 0.138 e. The normalized spacial score (nSPS) is 12.4. The molecule has 0 unspecified atom stereocenters. The fourth-order valence-corrected chi connectivity index (χ4v) is 1.83. The van der Waals surface area contributed by atoms with Crippen molar-refractivity contribution in [2.24, 2.45) is 4.99 Å². The molecule has 0 bridgehead atoms. The van der Waals surface area contributed by atoms with Crippen LogP contribution in [0.15, 0.2) is 21.6 Å². The number of halogens is 3. The minimum atomic E-state index is -0.222. The van der Waals surface area contributed by atoms with Crippen LogP contribution in [0.5, 0.6) is 0 Å². The van der Waals surface area contributed by atoms with Gasteiger partial charge in [0.2, 0.25) is 0 Å². The van der Waals surface area contributed by atoms with E-state index < -0.39 is 0 Å². The van der Waals surface area contributed by atoms with Gasteiger partial charge in [-0.2, -0.15) is 0 Å². The van der Waals surface area contributed by atoms with Gasteiger partial charge >= 0.3 is 0 Å². The van der Waals surface area contributed by atoms with Crippen LogP contribution in [0.2, 0.25) is 0 Å². The number of hydrogen-bond acceptors (Lipinski definition) is 1. The van der Waals surface area contributed by atoms with Gasteiger partial charge in [0.15, 0.2) is 0 Å². The van der Waals surface area contributed by atoms with Crippen molar-refractivity contribution in [3.63, 3.8) is 0 Å². The number of aliphatic imine (C=N–C) groups is 1. The van der Waals surface area contributed by atoms with Crippen LogP contribution in [0.3, 0.4) is 0 Å². The number of hydrogen-bond donors (Lipinski definition) is 0. The summed E-state index contributed by atoms with van der Waals surface area (Å²) in [6.45, 7) is 6.01. The van der Waals surface area contributed by atoms with Gasteiger partial charge in [-0.15, -0.1) is 0 Å². The molecule has 4 heteroatoms. The molecule has 1 aromatic rings. The molecule has 0 heterocycles. The van der Waals surface area contributed by atoms with Crippen LogP contribution in [0.4, 0.5) is 4.39 Å². The Labute approximate surface area is 111 Å². The van der Waals surface area contributed by atoms with Crippen molar-refractivity contribution in [2.75, 3.05) is 0 Å². The van der Waals surface area contributed by atoms with Crippen LogP contribution in [0.1, 0.15) is 26.3 Å². The number of nitrogens with zero attached hydrogens (tertiary/aromatic N) is 1. The Balaban J connectivity index is 3.10. The molecule has 0 aliphatic carbocycles. The maximum atomic E-state index is 13.4. The first-order chi connectivity index (χ1) is 6.79. The lowest BCUT2D eigenvalue weighted by molar-refractivity contribution is 0.586. The highest BCUT2D eigenvalue weighted by atomic mass is 127. The average Bonchev–Trinajstić information content (AvgIpc) is 2.07. The quantitative estimate of drug-likeness (QED) is 0.387. The molecule has 0 fully saturated rings. The van der Waals surface area contributed by atoms with E-state index in [2.05, 4.69) is 20.9 Å². The van der Waals surface area contributed by atoms with Crippen molar-refractivity contribution in [1.29, 1.82) is 0 Å². The zero-order chi connectivity index (χ0) is 11.6. The molecule has 1 aromatic carbocycles. The molecule has 0 amide bonds. The third-order valence-electron chi connectivity index (χ3n) is 1.61. The highest BCUT2D eigenvalue weighted by molar-refractivity contribution is 14.1. The highest BCUT2D eigenvalue weighted by Crippen LogP contribution is 2.21. The topological polar surface area (TPSA) is 12.4 Å². The second-order valence-electron chi connectivity index (χ2n) is 4.22. The molecule has 0 saturated carbocycles. The fourth-order valence-electron chi connectivity index (χ4n) is 0.933. The lowest BCUT2D eigenvalue weighted by atomic mass is 10.1. The van der Waals surface area contributed by atoms with Crippen LogP contribution < -0.4 is 0 Å². The first kappa shape index (κ1) is 13.1. The summed E-state index contributed by atoms with van der Waals surface area (Å²) in [6, 6.07) is 3.32. The second-order valence-corrected chi connectivity index (χ2v) is 6.21. The summed E-state index contributed by atoms with van der Waals surface area (Å²) in [5.74, 6) is -0.222. The van der Waals surface area contributed by atoms with Crippen molar-refractivity contribution in [1.82, 2.24) is 0 Å². The van der Waals surface area contributed by atoms with Gasteiger partial charge in [0.1, 0.15) is 5.82 Å². The predicted octanol–water partition coefficient (Wildman–Crippen LogP) is 4.41. The van der Waals surface area contributed by atoms with Crippen LogP contribution >= 0.6 is 38.5 Å². The number of rotatable bonds is 1. The maximum absolute atomic E-state index is 13.4. The summed E-state index contributed by atoms with van der Waals surface area (Å²) >= 11 is 5.25. The van der Waals surface area contributed by atoms with Gasteiger partial charge in [-0.25, -0.2) is 4.39 Å². The van der Waals surface area contributed by atoms with E-state index in [1.807, 2.05) is 49.4 Å². The fraction of sp³-hybridized carbons (Fsp3) is 0.364. The van der Waals surface area contributed by atoms with Gasteiger partial charge in [-0.1, -0.05) is 15.9 Å². The van der Waals surface area contributed by atoms with E-state index in [-0.39, 0.29) is 11.4 Å². The highest BCUT2D eigenvalue weighted by Gasteiger charge is 2.08. The van der Waals surface area contributed by atoms with Gasteiger partial charge in [0.25, 0.3) is 0 Å². The molecule has 82 valence electrons. The summed E-state index contributed by atoms with van der Waals surface area (Å²) in [4.78, 5) is 4.35. The van der Waals surface area contributed by atoms with Gasteiger partial charge < -0.3 is 0 Å². The van der Waals surface area contributed by atoms with E-state index in [4.69, 9.17) is 0 Å². The van der Waals surface area contributed by atoms with Crippen LogP contribution in [0.25, 0.3) is 0 Å². The van der Waals surface area contributed by atoms with Crippen molar-refractivity contribution in [3.05, 3.63) is 31.6 Å². The largest absolute Gasteiger partial charge is 0.287 e. The molecule has 0 aromatic heterocycles. The second kappa shape index (κ2) is 4.91. The van der Waals surface area contributed by atoms with E-state index in [9.17, 15) is 4.39 Å². The third-order valence-corrected chi connectivity index (χ3v) is 3.21. The predicted molar refractivity (Wildman–Crippen MR) is 74.2 cm³/mol. The first-order valence-corrected chi connectivity index (χ1v) is 6.36. The summed E-state index contributed by atoms with van der Waals surface area (Å²) in [5, 5.41) is 0. The van der Waals surface area contributed by atoms with Gasteiger partial charge in [0, 0.05) is 16.3 Å². The summed E-state index contributed by atoms with van der Waals surface area (Å²) in [7, 11) is 0. The van der Waals surface area contributed by atoms with Crippen molar-refractivity contribution in [2.45, 2.75) is 26.3 Å². The van der Waals surface area contributed by atoms with Gasteiger partial charge in [-0.3, -0.25) is 4.99 Å². The van der Waals surface area contributed by atoms with Crippen LogP contribution in [-0.4, -0.2) is 11.8 Å². The molecule has 0 radical (unpaired) electrons. The standard InChI is InChI=1S/C11H12BrFIN/c1-11(2,3)15-6-7-4-8(12)5-9(13)10(7)14/h4-6H,1-3H3/b15-6+.